The fourth-order valence-electron chi connectivity index (χ4n) is 2.41. The average Bonchev–Trinajstić information content (AvgIpc) is 2.59. The summed E-state index contributed by atoms with van der Waals surface area (Å²) in [6.07, 6.45) is 0.863. The van der Waals surface area contributed by atoms with Gasteiger partial charge in [-0.3, -0.25) is 4.79 Å². The second-order valence-electron chi connectivity index (χ2n) is 5.95. The molecule has 0 aliphatic carbocycles. The Labute approximate surface area is 143 Å². The number of rotatable bonds is 7. The Balaban J connectivity index is 1.95. The number of nitrogens with one attached hydrogen (secondary N) is 1. The highest BCUT2D eigenvalue weighted by molar-refractivity contribution is 7.89. The Kier molecular flexibility index (Phi) is 6.73. The quantitative estimate of drug-likeness (QED) is 0.716. The minimum absolute atomic E-state index is 0.191. The smallest absolute Gasteiger partial charge is 0.251 e. The van der Waals surface area contributed by atoms with Crippen LogP contribution in [0.1, 0.15) is 16.8 Å². The third-order valence-corrected chi connectivity index (χ3v) is 5.70. The van der Waals surface area contributed by atoms with E-state index in [1.807, 2.05) is 14.1 Å². The summed E-state index contributed by atoms with van der Waals surface area (Å²) in [5, 5.41) is 2.83. The minimum Gasteiger partial charge on any atom is -0.379 e. The molecule has 1 aliphatic heterocycles. The number of nitrogens with zero attached hydrogens (tertiary/aromatic N) is 2. The van der Waals surface area contributed by atoms with Crippen LogP contribution in [0.4, 0.5) is 0 Å². The molecule has 1 aliphatic rings. The Morgan fingerprint density at radius 1 is 1.21 bits per heavy atom. The van der Waals surface area contributed by atoms with E-state index in [0.29, 0.717) is 38.4 Å². The SMILES string of the molecule is CN(C)CCCNC(=O)c1ccc(S(=O)(=O)N2CCOCC2)cc1. The lowest BCUT2D eigenvalue weighted by atomic mass is 10.2. The normalized spacial score (nSPS) is 16.3. The van der Waals surface area contributed by atoms with Crippen molar-refractivity contribution in [3.05, 3.63) is 29.8 Å². The zero-order valence-electron chi connectivity index (χ0n) is 14.2. The van der Waals surface area contributed by atoms with E-state index >= 15 is 0 Å². The van der Waals surface area contributed by atoms with Crippen molar-refractivity contribution in [1.29, 1.82) is 0 Å². The highest BCUT2D eigenvalue weighted by Crippen LogP contribution is 2.17. The molecule has 24 heavy (non-hydrogen) atoms. The summed E-state index contributed by atoms with van der Waals surface area (Å²) in [5.74, 6) is -0.191. The fourth-order valence-corrected chi connectivity index (χ4v) is 3.82. The molecule has 0 saturated carbocycles. The van der Waals surface area contributed by atoms with Gasteiger partial charge in [0.15, 0.2) is 0 Å². The molecule has 134 valence electrons. The van der Waals surface area contributed by atoms with E-state index in [9.17, 15) is 13.2 Å². The average molecular weight is 355 g/mol. The van der Waals surface area contributed by atoms with Crippen molar-refractivity contribution in [1.82, 2.24) is 14.5 Å². The van der Waals surface area contributed by atoms with E-state index in [1.165, 1.54) is 16.4 Å². The van der Waals surface area contributed by atoms with Crippen LogP contribution < -0.4 is 5.32 Å². The number of amides is 1. The summed E-state index contributed by atoms with van der Waals surface area (Å²) in [5.41, 5.74) is 0.459. The van der Waals surface area contributed by atoms with Crippen LogP contribution in [0, 0.1) is 0 Å². The van der Waals surface area contributed by atoms with Gasteiger partial charge in [-0.25, -0.2) is 8.42 Å². The Hall–Kier alpha value is -1.48. The molecule has 1 fully saturated rings. The van der Waals surface area contributed by atoms with Crippen molar-refractivity contribution in [3.8, 4) is 0 Å². The van der Waals surface area contributed by atoms with Crippen molar-refractivity contribution in [2.75, 3.05) is 53.5 Å². The number of ether oxygens (including phenoxy) is 1. The Morgan fingerprint density at radius 2 is 1.83 bits per heavy atom. The zero-order valence-corrected chi connectivity index (χ0v) is 15.0. The summed E-state index contributed by atoms with van der Waals surface area (Å²) < 4.78 is 31.6. The van der Waals surface area contributed by atoms with Gasteiger partial charge in [-0.05, 0) is 51.3 Å². The molecule has 0 atom stereocenters. The molecule has 0 unspecified atom stereocenters. The first-order valence-electron chi connectivity index (χ1n) is 8.02. The van der Waals surface area contributed by atoms with Crippen molar-refractivity contribution >= 4 is 15.9 Å². The number of hydrogen-bond acceptors (Lipinski definition) is 5. The largest absolute Gasteiger partial charge is 0.379 e. The molecule has 1 N–H and O–H groups in total. The van der Waals surface area contributed by atoms with E-state index in [1.54, 1.807) is 12.1 Å². The molecule has 1 amide bonds. The number of benzene rings is 1. The molecule has 8 heteroatoms. The summed E-state index contributed by atoms with van der Waals surface area (Å²) >= 11 is 0. The van der Waals surface area contributed by atoms with Crippen LogP contribution in [-0.4, -0.2) is 77.0 Å². The maximum Gasteiger partial charge on any atom is 0.251 e. The molecule has 1 aromatic rings. The molecule has 0 bridgehead atoms. The molecular weight excluding hydrogens is 330 g/mol. The van der Waals surface area contributed by atoms with E-state index in [0.717, 1.165) is 13.0 Å². The van der Waals surface area contributed by atoms with Crippen molar-refractivity contribution in [3.63, 3.8) is 0 Å². The first-order valence-corrected chi connectivity index (χ1v) is 9.46. The van der Waals surface area contributed by atoms with Gasteiger partial charge in [-0.2, -0.15) is 4.31 Å². The van der Waals surface area contributed by atoms with Crippen molar-refractivity contribution < 1.29 is 17.9 Å². The summed E-state index contributed by atoms with van der Waals surface area (Å²) in [6, 6.07) is 6.07. The molecule has 2 rings (SSSR count). The van der Waals surface area contributed by atoms with Gasteiger partial charge in [0.2, 0.25) is 10.0 Å². The fraction of sp³-hybridized carbons (Fsp3) is 0.562. The molecule has 1 heterocycles. The third kappa shape index (κ3) is 5.01. The molecule has 1 saturated heterocycles. The van der Waals surface area contributed by atoms with Crippen molar-refractivity contribution in [2.45, 2.75) is 11.3 Å². The second kappa shape index (κ2) is 8.57. The lowest BCUT2D eigenvalue weighted by Gasteiger charge is -2.26. The molecule has 0 spiro atoms. The maximum absolute atomic E-state index is 12.5. The lowest BCUT2D eigenvalue weighted by molar-refractivity contribution is 0.0730. The van der Waals surface area contributed by atoms with Gasteiger partial charge in [0.1, 0.15) is 0 Å². The summed E-state index contributed by atoms with van der Waals surface area (Å²) in [4.78, 5) is 14.3. The molecular formula is C16H25N3O4S. The highest BCUT2D eigenvalue weighted by Gasteiger charge is 2.26. The molecule has 7 nitrogen and oxygen atoms in total. The third-order valence-electron chi connectivity index (χ3n) is 3.79. The summed E-state index contributed by atoms with van der Waals surface area (Å²) in [6.45, 7) is 3.02. The number of sulfonamides is 1. The monoisotopic (exact) mass is 355 g/mol. The van der Waals surface area contributed by atoms with E-state index < -0.39 is 10.0 Å². The van der Waals surface area contributed by atoms with Crippen molar-refractivity contribution in [2.24, 2.45) is 0 Å². The van der Waals surface area contributed by atoms with Crippen LogP contribution in [0.2, 0.25) is 0 Å². The first kappa shape index (κ1) is 18.9. The minimum atomic E-state index is -3.52. The lowest BCUT2D eigenvalue weighted by Crippen LogP contribution is -2.40. The highest BCUT2D eigenvalue weighted by atomic mass is 32.2. The van der Waals surface area contributed by atoms with E-state index in [2.05, 4.69) is 10.2 Å². The predicted octanol–water partition coefficient (Wildman–Crippen LogP) is 0.389. The number of hydrogen-bond donors (Lipinski definition) is 1. The molecule has 1 aromatic carbocycles. The van der Waals surface area contributed by atoms with Gasteiger partial charge in [0.25, 0.3) is 5.91 Å². The first-order chi connectivity index (χ1) is 11.4. The number of morpholine rings is 1. The van der Waals surface area contributed by atoms with E-state index in [4.69, 9.17) is 4.74 Å². The zero-order chi connectivity index (χ0) is 17.6. The number of carbonyl (C=O) groups excluding carboxylic acids is 1. The van der Waals surface area contributed by atoms with Gasteiger partial charge >= 0.3 is 0 Å². The van der Waals surface area contributed by atoms with Gasteiger partial charge in [-0.15, -0.1) is 0 Å². The molecule has 0 aromatic heterocycles. The van der Waals surface area contributed by atoms with Crippen LogP contribution in [-0.2, 0) is 14.8 Å². The van der Waals surface area contributed by atoms with Crippen LogP contribution >= 0.6 is 0 Å². The van der Waals surface area contributed by atoms with Gasteiger partial charge in [0, 0.05) is 25.2 Å². The van der Waals surface area contributed by atoms with Crippen LogP contribution in [0.3, 0.4) is 0 Å². The number of carbonyl (C=O) groups is 1. The van der Waals surface area contributed by atoms with Crippen LogP contribution in [0.15, 0.2) is 29.2 Å². The van der Waals surface area contributed by atoms with Crippen LogP contribution in [0.25, 0.3) is 0 Å². The maximum atomic E-state index is 12.5. The second-order valence-corrected chi connectivity index (χ2v) is 7.89. The predicted molar refractivity (Wildman–Crippen MR) is 91.5 cm³/mol. The molecule has 0 radical (unpaired) electrons. The van der Waals surface area contributed by atoms with Crippen LogP contribution in [0.5, 0.6) is 0 Å². The van der Waals surface area contributed by atoms with Gasteiger partial charge in [-0.1, -0.05) is 0 Å². The standard InChI is InChI=1S/C16H25N3O4S/c1-18(2)9-3-8-17-16(20)14-4-6-15(7-5-14)24(21,22)19-10-12-23-13-11-19/h4-7H,3,8-13H2,1-2H3,(H,17,20). The van der Waals surface area contributed by atoms with Gasteiger partial charge < -0.3 is 15.0 Å². The van der Waals surface area contributed by atoms with Gasteiger partial charge in [0.05, 0.1) is 18.1 Å². The Bertz CT molecular complexity index is 638. The summed E-state index contributed by atoms with van der Waals surface area (Å²) in [7, 11) is 0.444. The Morgan fingerprint density at radius 3 is 2.42 bits per heavy atom. The topological polar surface area (TPSA) is 79.0 Å². The van der Waals surface area contributed by atoms with E-state index in [-0.39, 0.29) is 10.8 Å².